The van der Waals surface area contributed by atoms with Gasteiger partial charge in [-0.1, -0.05) is 19.1 Å². The van der Waals surface area contributed by atoms with Crippen LogP contribution in [0.15, 0.2) is 24.3 Å². The topological polar surface area (TPSA) is 58.6 Å². The van der Waals surface area contributed by atoms with Crippen LogP contribution in [-0.2, 0) is 11.2 Å². The summed E-state index contributed by atoms with van der Waals surface area (Å²) in [4.78, 5) is 11.8. The zero-order valence-corrected chi connectivity index (χ0v) is 11.3. The smallest absolute Gasteiger partial charge is 0.258 e. The molecule has 0 aliphatic heterocycles. The molecule has 4 nitrogen and oxygen atoms in total. The highest BCUT2D eigenvalue weighted by atomic mass is 16.5. The number of hydrogen-bond donors (Lipinski definition) is 2. The number of ether oxygens (including phenoxy) is 1. The van der Waals surface area contributed by atoms with Gasteiger partial charge in [0.25, 0.3) is 5.91 Å². The molecule has 1 aromatic rings. The normalized spacial score (nSPS) is 16.5. The lowest BCUT2D eigenvalue weighted by atomic mass is 9.77. The Morgan fingerprint density at radius 2 is 2.05 bits per heavy atom. The Morgan fingerprint density at radius 1 is 1.37 bits per heavy atom. The fourth-order valence-electron chi connectivity index (χ4n) is 2.23. The Labute approximate surface area is 113 Å². The van der Waals surface area contributed by atoms with Gasteiger partial charge in [0.15, 0.2) is 6.61 Å². The lowest BCUT2D eigenvalue weighted by Crippen LogP contribution is -2.57. The quantitative estimate of drug-likeness (QED) is 0.820. The standard InChI is InChI=1S/C15H21NO3/c1-2-12-4-6-13(7-5-12)19-10-14(18)16-15(11-17)8-3-9-15/h4-7,17H,2-3,8-11H2,1H3,(H,16,18). The highest BCUT2D eigenvalue weighted by Crippen LogP contribution is 2.30. The predicted molar refractivity (Wildman–Crippen MR) is 73.1 cm³/mol. The molecule has 2 rings (SSSR count). The van der Waals surface area contributed by atoms with Crippen molar-refractivity contribution in [2.24, 2.45) is 0 Å². The fraction of sp³-hybridized carbons (Fsp3) is 0.533. The molecule has 0 atom stereocenters. The van der Waals surface area contributed by atoms with Crippen LogP contribution in [0.3, 0.4) is 0 Å². The summed E-state index contributed by atoms with van der Waals surface area (Å²) < 4.78 is 5.43. The van der Waals surface area contributed by atoms with Crippen molar-refractivity contribution in [3.63, 3.8) is 0 Å². The SMILES string of the molecule is CCc1ccc(OCC(=O)NC2(CO)CCC2)cc1. The Balaban J connectivity index is 1.79. The minimum absolute atomic E-state index is 0.00391. The zero-order chi connectivity index (χ0) is 13.7. The number of benzene rings is 1. The molecule has 0 bridgehead atoms. The van der Waals surface area contributed by atoms with Gasteiger partial charge in [0.1, 0.15) is 5.75 Å². The third-order valence-electron chi connectivity index (χ3n) is 3.72. The number of amides is 1. The first kappa shape index (κ1) is 13.9. The Bertz CT molecular complexity index is 418. The second-order valence-electron chi connectivity index (χ2n) is 5.13. The van der Waals surface area contributed by atoms with Crippen molar-refractivity contribution in [2.45, 2.75) is 38.1 Å². The molecule has 0 unspecified atom stereocenters. The number of carbonyl (C=O) groups is 1. The number of aryl methyl sites for hydroxylation is 1. The highest BCUT2D eigenvalue weighted by Gasteiger charge is 2.37. The van der Waals surface area contributed by atoms with Crippen molar-refractivity contribution in [1.29, 1.82) is 0 Å². The van der Waals surface area contributed by atoms with E-state index in [9.17, 15) is 9.90 Å². The van der Waals surface area contributed by atoms with Crippen molar-refractivity contribution < 1.29 is 14.6 Å². The van der Waals surface area contributed by atoms with Crippen molar-refractivity contribution in [2.75, 3.05) is 13.2 Å². The maximum Gasteiger partial charge on any atom is 0.258 e. The van der Waals surface area contributed by atoms with Gasteiger partial charge < -0.3 is 15.2 Å². The van der Waals surface area contributed by atoms with Gasteiger partial charge in [-0.15, -0.1) is 0 Å². The van der Waals surface area contributed by atoms with Gasteiger partial charge in [-0.2, -0.15) is 0 Å². The molecule has 0 saturated heterocycles. The molecule has 0 spiro atoms. The van der Waals surface area contributed by atoms with Crippen molar-refractivity contribution >= 4 is 5.91 Å². The van der Waals surface area contributed by atoms with E-state index in [1.807, 2.05) is 24.3 Å². The lowest BCUT2D eigenvalue weighted by Gasteiger charge is -2.40. The van der Waals surface area contributed by atoms with E-state index in [4.69, 9.17) is 4.74 Å². The molecule has 1 aliphatic rings. The molecule has 1 amide bonds. The van der Waals surface area contributed by atoms with E-state index >= 15 is 0 Å². The van der Waals surface area contributed by atoms with E-state index in [2.05, 4.69) is 12.2 Å². The molecule has 1 aliphatic carbocycles. The number of aliphatic hydroxyl groups excluding tert-OH is 1. The fourth-order valence-corrected chi connectivity index (χ4v) is 2.23. The van der Waals surface area contributed by atoms with Crippen molar-refractivity contribution in [3.8, 4) is 5.75 Å². The van der Waals surface area contributed by atoms with Crippen LogP contribution in [0.5, 0.6) is 5.75 Å². The Morgan fingerprint density at radius 3 is 2.53 bits per heavy atom. The van der Waals surface area contributed by atoms with Crippen LogP contribution in [0.25, 0.3) is 0 Å². The van der Waals surface area contributed by atoms with Crippen LogP contribution in [0, 0.1) is 0 Å². The predicted octanol–water partition coefficient (Wildman–Crippen LogP) is 1.66. The number of aliphatic hydroxyl groups is 1. The van der Waals surface area contributed by atoms with Crippen LogP contribution in [0.2, 0.25) is 0 Å². The van der Waals surface area contributed by atoms with E-state index in [-0.39, 0.29) is 19.1 Å². The van der Waals surface area contributed by atoms with E-state index in [0.29, 0.717) is 5.75 Å². The zero-order valence-electron chi connectivity index (χ0n) is 11.3. The minimum Gasteiger partial charge on any atom is -0.484 e. The van der Waals surface area contributed by atoms with Gasteiger partial charge >= 0.3 is 0 Å². The van der Waals surface area contributed by atoms with Gasteiger partial charge in [-0.05, 0) is 43.4 Å². The molecular weight excluding hydrogens is 242 g/mol. The number of nitrogens with one attached hydrogen (secondary N) is 1. The van der Waals surface area contributed by atoms with Crippen LogP contribution in [0.1, 0.15) is 31.7 Å². The molecule has 4 heteroatoms. The summed E-state index contributed by atoms with van der Waals surface area (Å²) in [5.41, 5.74) is 0.845. The average Bonchev–Trinajstić information content (AvgIpc) is 2.41. The largest absolute Gasteiger partial charge is 0.484 e. The molecular formula is C15H21NO3. The van der Waals surface area contributed by atoms with Gasteiger partial charge in [0.2, 0.25) is 0 Å². The Kier molecular flexibility index (Phi) is 4.43. The second kappa shape index (κ2) is 6.06. The van der Waals surface area contributed by atoms with E-state index in [1.54, 1.807) is 0 Å². The number of carbonyl (C=O) groups excluding carboxylic acids is 1. The van der Waals surface area contributed by atoms with Crippen molar-refractivity contribution in [1.82, 2.24) is 5.32 Å². The van der Waals surface area contributed by atoms with E-state index < -0.39 is 5.54 Å². The maximum absolute atomic E-state index is 11.8. The summed E-state index contributed by atoms with van der Waals surface area (Å²) >= 11 is 0. The van der Waals surface area contributed by atoms with Crippen LogP contribution in [-0.4, -0.2) is 29.8 Å². The Hall–Kier alpha value is -1.55. The average molecular weight is 263 g/mol. The van der Waals surface area contributed by atoms with Crippen molar-refractivity contribution in [3.05, 3.63) is 29.8 Å². The molecule has 2 N–H and O–H groups in total. The first-order valence-corrected chi connectivity index (χ1v) is 6.81. The van der Waals surface area contributed by atoms with Gasteiger partial charge in [-0.3, -0.25) is 4.79 Å². The number of rotatable bonds is 6. The van der Waals surface area contributed by atoms with Crippen LogP contribution < -0.4 is 10.1 Å². The summed E-state index contributed by atoms with van der Waals surface area (Å²) in [6.45, 7) is 2.09. The van der Waals surface area contributed by atoms with E-state index in [0.717, 1.165) is 25.7 Å². The van der Waals surface area contributed by atoms with Gasteiger partial charge in [0.05, 0.1) is 12.1 Å². The summed E-state index contributed by atoms with van der Waals surface area (Å²) in [5, 5.41) is 12.1. The summed E-state index contributed by atoms with van der Waals surface area (Å²) in [7, 11) is 0. The molecule has 1 aromatic carbocycles. The highest BCUT2D eigenvalue weighted by molar-refractivity contribution is 5.78. The summed E-state index contributed by atoms with van der Waals surface area (Å²) in [6.07, 6.45) is 3.74. The molecule has 19 heavy (non-hydrogen) atoms. The third-order valence-corrected chi connectivity index (χ3v) is 3.72. The molecule has 0 heterocycles. The summed E-state index contributed by atoms with van der Waals surface area (Å²) in [6, 6.07) is 7.73. The van der Waals surface area contributed by atoms with Gasteiger partial charge in [0, 0.05) is 0 Å². The van der Waals surface area contributed by atoms with Gasteiger partial charge in [-0.25, -0.2) is 0 Å². The molecule has 1 saturated carbocycles. The molecule has 104 valence electrons. The van der Waals surface area contributed by atoms with E-state index in [1.165, 1.54) is 5.56 Å². The lowest BCUT2D eigenvalue weighted by molar-refractivity contribution is -0.127. The first-order valence-electron chi connectivity index (χ1n) is 6.81. The molecule has 1 fully saturated rings. The minimum atomic E-state index is -0.396. The molecule has 0 aromatic heterocycles. The summed E-state index contributed by atoms with van der Waals surface area (Å²) in [5.74, 6) is 0.521. The van der Waals surface area contributed by atoms with Crippen LogP contribution >= 0.6 is 0 Å². The van der Waals surface area contributed by atoms with Crippen LogP contribution in [0.4, 0.5) is 0 Å². The second-order valence-corrected chi connectivity index (χ2v) is 5.13. The first-order chi connectivity index (χ1) is 9.17. The third kappa shape index (κ3) is 3.47. The monoisotopic (exact) mass is 263 g/mol. The maximum atomic E-state index is 11.8. The molecule has 0 radical (unpaired) electrons. The number of hydrogen-bond acceptors (Lipinski definition) is 3.